The van der Waals surface area contributed by atoms with E-state index in [1.54, 1.807) is 0 Å². The van der Waals surface area contributed by atoms with Gasteiger partial charge in [0.05, 0.1) is 7.11 Å². The van der Waals surface area contributed by atoms with Crippen molar-refractivity contribution in [2.45, 2.75) is 50.5 Å². The molecule has 23 heavy (non-hydrogen) atoms. The summed E-state index contributed by atoms with van der Waals surface area (Å²) in [6.07, 6.45) is 5.26. The minimum atomic E-state index is -0.679. The zero-order chi connectivity index (χ0) is 16.7. The van der Waals surface area contributed by atoms with Gasteiger partial charge in [-0.1, -0.05) is 36.2 Å². The number of Topliss-reactive ketones (excluding diaryl/α,β-unsaturated/α-hetero) is 1. The molecule has 1 aliphatic rings. The summed E-state index contributed by atoms with van der Waals surface area (Å²) in [5, 5.41) is 4.08. The molecule has 2 rings (SSSR count). The number of carbonyl (C=O) groups excluding carboxylic acids is 2. The quantitative estimate of drug-likeness (QED) is 0.610. The van der Waals surface area contributed by atoms with Gasteiger partial charge < -0.3 is 10.1 Å². The fourth-order valence-electron chi connectivity index (χ4n) is 3.20. The molecule has 4 nitrogen and oxygen atoms in total. The van der Waals surface area contributed by atoms with E-state index in [4.69, 9.17) is 11.6 Å². The first-order valence-corrected chi connectivity index (χ1v) is 8.58. The van der Waals surface area contributed by atoms with Gasteiger partial charge in [-0.2, -0.15) is 0 Å². The van der Waals surface area contributed by atoms with Crippen molar-refractivity contribution in [3.05, 3.63) is 34.9 Å². The molecule has 0 aromatic heterocycles. The van der Waals surface area contributed by atoms with Crippen molar-refractivity contribution in [1.82, 2.24) is 5.32 Å². The van der Waals surface area contributed by atoms with Crippen LogP contribution in [0.5, 0.6) is 0 Å². The molecule has 1 aromatic carbocycles. The molecule has 1 fully saturated rings. The van der Waals surface area contributed by atoms with E-state index in [2.05, 4.69) is 10.1 Å². The number of methoxy groups -OCH3 is 1. The molecule has 5 heteroatoms. The number of ketones is 1. The van der Waals surface area contributed by atoms with Gasteiger partial charge in [0, 0.05) is 17.9 Å². The summed E-state index contributed by atoms with van der Waals surface area (Å²) >= 11 is 6.36. The monoisotopic (exact) mass is 337 g/mol. The first-order valence-electron chi connectivity index (χ1n) is 8.20. The summed E-state index contributed by atoms with van der Waals surface area (Å²) in [4.78, 5) is 23.8. The second-order valence-corrected chi connectivity index (χ2v) is 6.38. The van der Waals surface area contributed by atoms with Gasteiger partial charge in [0.2, 0.25) is 0 Å². The smallest absolute Gasteiger partial charge is 0.305 e. The van der Waals surface area contributed by atoms with Crippen molar-refractivity contribution in [2.75, 3.05) is 13.7 Å². The Balaban J connectivity index is 2.05. The number of ether oxygens (including phenoxy) is 1. The minimum absolute atomic E-state index is 0.195. The highest BCUT2D eigenvalue weighted by molar-refractivity contribution is 6.31. The Labute approximate surface area is 142 Å². The van der Waals surface area contributed by atoms with Crippen LogP contribution in [-0.4, -0.2) is 25.4 Å². The topological polar surface area (TPSA) is 55.4 Å². The van der Waals surface area contributed by atoms with Gasteiger partial charge in [0.1, 0.15) is 5.54 Å². The van der Waals surface area contributed by atoms with E-state index in [1.165, 1.54) is 7.11 Å². The zero-order valence-electron chi connectivity index (χ0n) is 13.6. The van der Waals surface area contributed by atoms with E-state index in [0.717, 1.165) is 37.7 Å². The molecule has 0 amide bonds. The Morgan fingerprint density at radius 3 is 2.78 bits per heavy atom. The molecule has 1 atom stereocenters. The number of halogens is 1. The normalized spacial score (nSPS) is 21.2. The number of hydrogen-bond acceptors (Lipinski definition) is 4. The summed E-state index contributed by atoms with van der Waals surface area (Å²) in [5.74, 6) is 0.0179. The summed E-state index contributed by atoms with van der Waals surface area (Å²) in [5.41, 5.74) is 0.196. The number of nitrogens with one attached hydrogen (secondary N) is 1. The van der Waals surface area contributed by atoms with Crippen molar-refractivity contribution < 1.29 is 14.3 Å². The van der Waals surface area contributed by atoms with Gasteiger partial charge in [-0.05, 0) is 43.9 Å². The maximum atomic E-state index is 12.7. The first kappa shape index (κ1) is 18.0. The van der Waals surface area contributed by atoms with Gasteiger partial charge in [-0.25, -0.2) is 0 Å². The summed E-state index contributed by atoms with van der Waals surface area (Å²) < 4.78 is 4.64. The lowest BCUT2D eigenvalue weighted by molar-refractivity contribution is -0.140. The highest BCUT2D eigenvalue weighted by atomic mass is 35.5. The van der Waals surface area contributed by atoms with Gasteiger partial charge in [0.25, 0.3) is 0 Å². The molecule has 0 spiro atoms. The van der Waals surface area contributed by atoms with Crippen LogP contribution < -0.4 is 5.32 Å². The number of benzene rings is 1. The van der Waals surface area contributed by atoms with Crippen LogP contribution in [-0.2, 0) is 19.9 Å². The number of hydrogen-bond donors (Lipinski definition) is 1. The lowest BCUT2D eigenvalue weighted by Gasteiger charge is -2.38. The van der Waals surface area contributed by atoms with Crippen molar-refractivity contribution in [3.63, 3.8) is 0 Å². The fourth-order valence-corrected chi connectivity index (χ4v) is 3.50. The van der Waals surface area contributed by atoms with Gasteiger partial charge in [0.15, 0.2) is 5.78 Å². The number of unbranched alkanes of at least 4 members (excludes halogenated alkanes) is 1. The molecule has 1 N–H and O–H groups in total. The van der Waals surface area contributed by atoms with Gasteiger partial charge >= 0.3 is 5.97 Å². The van der Waals surface area contributed by atoms with Crippen LogP contribution in [0.25, 0.3) is 0 Å². The minimum Gasteiger partial charge on any atom is -0.469 e. The van der Waals surface area contributed by atoms with E-state index >= 15 is 0 Å². The second kappa shape index (κ2) is 8.46. The SMILES string of the molecule is COC(=O)CCCCN[C@@]1(c2ccccc2Cl)CCCCC1=O. The molecule has 126 valence electrons. The van der Waals surface area contributed by atoms with E-state index in [0.29, 0.717) is 24.4 Å². The molecule has 1 saturated carbocycles. The maximum Gasteiger partial charge on any atom is 0.305 e. The maximum absolute atomic E-state index is 12.7. The van der Waals surface area contributed by atoms with E-state index in [-0.39, 0.29) is 11.8 Å². The summed E-state index contributed by atoms with van der Waals surface area (Å²) in [7, 11) is 1.40. The number of esters is 1. The van der Waals surface area contributed by atoms with Crippen LogP contribution in [0.15, 0.2) is 24.3 Å². The predicted octanol–water partition coefficient (Wildman–Crippen LogP) is 3.61. The highest BCUT2D eigenvalue weighted by Crippen LogP contribution is 2.37. The molecule has 1 aromatic rings. The number of rotatable bonds is 7. The first-order chi connectivity index (χ1) is 11.1. The third-order valence-electron chi connectivity index (χ3n) is 4.48. The van der Waals surface area contributed by atoms with Crippen LogP contribution in [0.1, 0.15) is 50.5 Å². The molecule has 0 aliphatic heterocycles. The molecular weight excluding hydrogens is 314 g/mol. The lowest BCUT2D eigenvalue weighted by atomic mass is 9.75. The lowest BCUT2D eigenvalue weighted by Crippen LogP contribution is -2.51. The summed E-state index contributed by atoms with van der Waals surface area (Å²) in [6, 6.07) is 7.57. The molecule has 0 saturated heterocycles. The molecule has 0 radical (unpaired) electrons. The van der Waals surface area contributed by atoms with Crippen LogP contribution in [0.2, 0.25) is 5.02 Å². The third-order valence-corrected chi connectivity index (χ3v) is 4.81. The van der Waals surface area contributed by atoms with Crippen LogP contribution >= 0.6 is 11.6 Å². The third kappa shape index (κ3) is 4.33. The second-order valence-electron chi connectivity index (χ2n) is 5.98. The fraction of sp³-hybridized carbons (Fsp3) is 0.556. The van der Waals surface area contributed by atoms with Crippen LogP contribution in [0.4, 0.5) is 0 Å². The van der Waals surface area contributed by atoms with E-state index in [1.807, 2.05) is 24.3 Å². The van der Waals surface area contributed by atoms with E-state index < -0.39 is 5.54 Å². The average Bonchev–Trinajstić information content (AvgIpc) is 2.56. The Kier molecular flexibility index (Phi) is 6.60. The largest absolute Gasteiger partial charge is 0.469 e. The molecular formula is C18H24ClNO3. The molecule has 0 bridgehead atoms. The highest BCUT2D eigenvalue weighted by Gasteiger charge is 2.41. The molecule has 0 heterocycles. The van der Waals surface area contributed by atoms with E-state index in [9.17, 15) is 9.59 Å². The van der Waals surface area contributed by atoms with Crippen LogP contribution in [0.3, 0.4) is 0 Å². The van der Waals surface area contributed by atoms with Gasteiger partial charge in [-0.15, -0.1) is 0 Å². The zero-order valence-corrected chi connectivity index (χ0v) is 14.3. The Bertz CT molecular complexity index is 561. The Morgan fingerprint density at radius 2 is 2.09 bits per heavy atom. The molecule has 1 aliphatic carbocycles. The predicted molar refractivity (Wildman–Crippen MR) is 90.5 cm³/mol. The summed E-state index contributed by atoms with van der Waals surface area (Å²) in [6.45, 7) is 0.675. The number of carbonyl (C=O) groups is 2. The van der Waals surface area contributed by atoms with Crippen LogP contribution in [0, 0.1) is 0 Å². The van der Waals surface area contributed by atoms with Crippen molar-refractivity contribution >= 4 is 23.4 Å². The Morgan fingerprint density at radius 1 is 1.30 bits per heavy atom. The van der Waals surface area contributed by atoms with Crippen molar-refractivity contribution in [3.8, 4) is 0 Å². The molecule has 0 unspecified atom stereocenters. The average molecular weight is 338 g/mol. The van der Waals surface area contributed by atoms with Crippen molar-refractivity contribution in [1.29, 1.82) is 0 Å². The van der Waals surface area contributed by atoms with Gasteiger partial charge in [-0.3, -0.25) is 9.59 Å². The Hall–Kier alpha value is -1.39. The van der Waals surface area contributed by atoms with Crippen molar-refractivity contribution in [2.24, 2.45) is 0 Å². The standard InChI is InChI=1S/C18H24ClNO3/c1-23-17(22)11-5-7-13-20-18(12-6-4-10-16(18)21)14-8-2-3-9-15(14)19/h2-3,8-9,20H,4-7,10-13H2,1H3/t18-/m1/s1.